The SMILES string of the molecule is CCCCCCCCCCCCCCC(=O)NC(CCC(=O)NCCOCCOCC(=O)NCCOCCOCC(=O)NCCCC)C(=O)O. The highest BCUT2D eigenvalue weighted by Crippen LogP contribution is 2.12. The van der Waals surface area contributed by atoms with E-state index in [-0.39, 0.29) is 89.1 Å². The molecule has 0 aliphatic rings. The molecule has 14 heteroatoms. The first-order chi connectivity index (χ1) is 24.3. The fourth-order valence-electron chi connectivity index (χ4n) is 4.82. The summed E-state index contributed by atoms with van der Waals surface area (Å²) in [5, 5.41) is 20.1. The van der Waals surface area contributed by atoms with Crippen molar-refractivity contribution in [1.82, 2.24) is 21.3 Å². The molecule has 5 N–H and O–H groups in total. The van der Waals surface area contributed by atoms with E-state index >= 15 is 0 Å². The Hall–Kier alpha value is -2.81. The lowest BCUT2D eigenvalue weighted by Crippen LogP contribution is -2.41. The number of unbranched alkanes of at least 4 members (excludes halogenated alkanes) is 12. The van der Waals surface area contributed by atoms with Gasteiger partial charge in [0.05, 0.1) is 39.6 Å². The Balaban J connectivity index is 3.67. The van der Waals surface area contributed by atoms with Crippen molar-refractivity contribution in [1.29, 1.82) is 0 Å². The molecule has 1 atom stereocenters. The molecule has 0 radical (unpaired) electrons. The molecule has 0 aromatic carbocycles. The predicted octanol–water partition coefficient (Wildman–Crippen LogP) is 3.64. The van der Waals surface area contributed by atoms with E-state index < -0.39 is 12.0 Å². The van der Waals surface area contributed by atoms with E-state index in [4.69, 9.17) is 18.9 Å². The van der Waals surface area contributed by atoms with Crippen molar-refractivity contribution in [3.05, 3.63) is 0 Å². The second-order valence-electron chi connectivity index (χ2n) is 12.4. The number of carboxylic acids is 1. The summed E-state index contributed by atoms with van der Waals surface area (Å²) >= 11 is 0. The quantitative estimate of drug-likeness (QED) is 0.0594. The maximum atomic E-state index is 12.2. The molecule has 0 rings (SSSR count). The average molecular weight is 717 g/mol. The molecule has 0 aliphatic heterocycles. The van der Waals surface area contributed by atoms with Crippen LogP contribution in [0.1, 0.15) is 123 Å². The van der Waals surface area contributed by atoms with Crippen LogP contribution in [-0.4, -0.2) is 113 Å². The summed E-state index contributed by atoms with van der Waals surface area (Å²) in [5.74, 6) is -2.23. The largest absolute Gasteiger partial charge is 0.480 e. The van der Waals surface area contributed by atoms with Crippen LogP contribution in [-0.2, 0) is 42.9 Å². The van der Waals surface area contributed by atoms with Crippen molar-refractivity contribution in [2.45, 2.75) is 129 Å². The van der Waals surface area contributed by atoms with E-state index in [2.05, 4.69) is 35.1 Å². The normalized spacial score (nSPS) is 11.6. The van der Waals surface area contributed by atoms with E-state index in [1.54, 1.807) is 0 Å². The fraction of sp³-hybridized carbons (Fsp3) is 0.861. The number of rotatable bonds is 37. The summed E-state index contributed by atoms with van der Waals surface area (Å²) < 4.78 is 21.2. The molecule has 1 unspecified atom stereocenters. The monoisotopic (exact) mass is 716 g/mol. The topological polar surface area (TPSA) is 191 Å². The molecular weight excluding hydrogens is 648 g/mol. The van der Waals surface area contributed by atoms with Crippen LogP contribution in [0.25, 0.3) is 0 Å². The van der Waals surface area contributed by atoms with Crippen LogP contribution in [0.2, 0.25) is 0 Å². The number of ether oxygens (including phenoxy) is 4. The summed E-state index contributed by atoms with van der Waals surface area (Å²) in [4.78, 5) is 59.3. The maximum absolute atomic E-state index is 12.2. The van der Waals surface area contributed by atoms with E-state index in [0.717, 1.165) is 32.1 Å². The zero-order valence-electron chi connectivity index (χ0n) is 31.0. The molecule has 14 nitrogen and oxygen atoms in total. The average Bonchev–Trinajstić information content (AvgIpc) is 3.09. The Morgan fingerprint density at radius 2 is 0.920 bits per heavy atom. The third-order valence-corrected chi connectivity index (χ3v) is 7.75. The molecular formula is C36H68N4O10. The second-order valence-corrected chi connectivity index (χ2v) is 12.4. The lowest BCUT2D eigenvalue weighted by molar-refractivity contribution is -0.142. The van der Waals surface area contributed by atoms with Crippen molar-refractivity contribution in [2.24, 2.45) is 0 Å². The van der Waals surface area contributed by atoms with Crippen molar-refractivity contribution in [3.8, 4) is 0 Å². The molecule has 0 fully saturated rings. The number of carbonyl (C=O) groups excluding carboxylic acids is 4. The molecule has 0 spiro atoms. The number of carboxylic acid groups (broad SMARTS) is 1. The Bertz CT molecular complexity index is 878. The zero-order valence-corrected chi connectivity index (χ0v) is 31.0. The standard InChI is InChI=1S/C36H68N4O10/c1-3-5-7-8-9-10-11-12-13-14-15-16-17-33(42)40-31(36(45)46)18-19-32(41)38-21-23-47-25-28-50-30-35(44)39-22-24-48-26-27-49-29-34(43)37-20-6-4-2/h31H,3-30H2,1-2H3,(H,37,43)(H,38,41)(H,39,44)(H,40,42)(H,45,46). The van der Waals surface area contributed by atoms with Gasteiger partial charge >= 0.3 is 5.97 Å². The Morgan fingerprint density at radius 3 is 1.42 bits per heavy atom. The van der Waals surface area contributed by atoms with E-state index in [1.165, 1.54) is 57.8 Å². The van der Waals surface area contributed by atoms with E-state index in [9.17, 15) is 29.1 Å². The minimum atomic E-state index is -1.16. The Kier molecular flexibility index (Phi) is 34.0. The van der Waals surface area contributed by atoms with Crippen molar-refractivity contribution in [2.75, 3.05) is 72.5 Å². The number of nitrogens with one attached hydrogen (secondary N) is 4. The third-order valence-electron chi connectivity index (χ3n) is 7.75. The molecule has 0 aromatic heterocycles. The number of hydrogen-bond donors (Lipinski definition) is 5. The van der Waals surface area contributed by atoms with Gasteiger partial charge < -0.3 is 45.3 Å². The highest BCUT2D eigenvalue weighted by molar-refractivity contribution is 5.84. The van der Waals surface area contributed by atoms with Crippen LogP contribution in [0, 0.1) is 0 Å². The van der Waals surface area contributed by atoms with E-state index in [1.807, 2.05) is 0 Å². The minimum absolute atomic E-state index is 0.00197. The number of carbonyl (C=O) groups is 5. The third kappa shape index (κ3) is 33.7. The van der Waals surface area contributed by atoms with Crippen molar-refractivity contribution < 1.29 is 48.0 Å². The van der Waals surface area contributed by atoms with Gasteiger partial charge in [0.2, 0.25) is 23.6 Å². The van der Waals surface area contributed by atoms with Gasteiger partial charge in [0, 0.05) is 32.5 Å². The summed E-state index contributed by atoms with van der Waals surface area (Å²) in [5.41, 5.74) is 0. The summed E-state index contributed by atoms with van der Waals surface area (Å²) in [6.07, 6.45) is 16.5. The van der Waals surface area contributed by atoms with Gasteiger partial charge in [0.25, 0.3) is 0 Å². The fourth-order valence-corrected chi connectivity index (χ4v) is 4.82. The molecule has 4 amide bonds. The molecule has 0 saturated heterocycles. The highest BCUT2D eigenvalue weighted by Gasteiger charge is 2.20. The molecule has 50 heavy (non-hydrogen) atoms. The Labute approximate surface area is 300 Å². The number of hydrogen-bond acceptors (Lipinski definition) is 9. The molecule has 0 heterocycles. The first kappa shape index (κ1) is 47.2. The van der Waals surface area contributed by atoms with E-state index in [0.29, 0.717) is 26.3 Å². The van der Waals surface area contributed by atoms with Crippen LogP contribution in [0.15, 0.2) is 0 Å². The first-order valence-corrected chi connectivity index (χ1v) is 18.9. The molecule has 0 aliphatic carbocycles. The van der Waals surface area contributed by atoms with Crippen LogP contribution in [0.4, 0.5) is 0 Å². The van der Waals surface area contributed by atoms with Gasteiger partial charge in [-0.05, 0) is 19.3 Å². The van der Waals surface area contributed by atoms with Gasteiger partial charge in [-0.25, -0.2) is 4.79 Å². The smallest absolute Gasteiger partial charge is 0.326 e. The first-order valence-electron chi connectivity index (χ1n) is 18.9. The minimum Gasteiger partial charge on any atom is -0.480 e. The molecule has 0 aromatic rings. The van der Waals surface area contributed by atoms with Gasteiger partial charge in [-0.1, -0.05) is 90.9 Å². The van der Waals surface area contributed by atoms with Gasteiger partial charge in [0.1, 0.15) is 19.3 Å². The Morgan fingerprint density at radius 1 is 0.480 bits per heavy atom. The van der Waals surface area contributed by atoms with Gasteiger partial charge in [-0.2, -0.15) is 0 Å². The van der Waals surface area contributed by atoms with Gasteiger partial charge in [-0.15, -0.1) is 0 Å². The van der Waals surface area contributed by atoms with Crippen LogP contribution < -0.4 is 21.3 Å². The van der Waals surface area contributed by atoms with Crippen LogP contribution in [0.5, 0.6) is 0 Å². The van der Waals surface area contributed by atoms with Gasteiger partial charge in [-0.3, -0.25) is 19.2 Å². The van der Waals surface area contributed by atoms with Crippen molar-refractivity contribution in [3.63, 3.8) is 0 Å². The summed E-state index contributed by atoms with van der Waals surface area (Å²) in [6, 6.07) is -1.11. The zero-order chi connectivity index (χ0) is 36.9. The molecule has 0 bridgehead atoms. The highest BCUT2D eigenvalue weighted by atomic mass is 16.5. The second kappa shape index (κ2) is 36.0. The number of aliphatic carboxylic acids is 1. The molecule has 292 valence electrons. The van der Waals surface area contributed by atoms with Gasteiger partial charge in [0.15, 0.2) is 0 Å². The predicted molar refractivity (Wildman–Crippen MR) is 192 cm³/mol. The maximum Gasteiger partial charge on any atom is 0.326 e. The van der Waals surface area contributed by atoms with Crippen LogP contribution >= 0.6 is 0 Å². The number of amides is 4. The lowest BCUT2D eigenvalue weighted by atomic mass is 10.0. The molecule has 0 saturated carbocycles. The van der Waals surface area contributed by atoms with Crippen LogP contribution in [0.3, 0.4) is 0 Å². The summed E-state index contributed by atoms with van der Waals surface area (Å²) in [7, 11) is 0. The lowest BCUT2D eigenvalue weighted by Gasteiger charge is -2.14. The summed E-state index contributed by atoms with van der Waals surface area (Å²) in [6.45, 7) is 6.90. The van der Waals surface area contributed by atoms with Crippen molar-refractivity contribution >= 4 is 29.6 Å².